The maximum absolute atomic E-state index is 12.1. The SMILES string of the molecule is CCCOc1ccccc1-c1nc2nc(N)nnc2c(=O)[nH]1. The Morgan fingerprint density at radius 3 is 2.86 bits per heavy atom. The molecule has 3 N–H and O–H groups in total. The molecule has 0 aliphatic heterocycles. The normalized spacial score (nSPS) is 10.8. The van der Waals surface area contributed by atoms with Crippen LogP contribution < -0.4 is 16.0 Å². The molecule has 8 nitrogen and oxygen atoms in total. The predicted molar refractivity (Wildman–Crippen MR) is 81.4 cm³/mol. The molecule has 0 aliphatic rings. The van der Waals surface area contributed by atoms with E-state index in [1.54, 1.807) is 0 Å². The number of nitrogens with two attached hydrogens (primary N) is 1. The van der Waals surface area contributed by atoms with Crippen molar-refractivity contribution >= 4 is 17.1 Å². The minimum absolute atomic E-state index is 0.0351. The lowest BCUT2D eigenvalue weighted by Crippen LogP contribution is -2.14. The first-order valence-electron chi connectivity index (χ1n) is 6.81. The van der Waals surface area contributed by atoms with E-state index in [4.69, 9.17) is 10.5 Å². The number of aromatic nitrogens is 5. The van der Waals surface area contributed by atoms with E-state index in [1.807, 2.05) is 31.2 Å². The van der Waals surface area contributed by atoms with Crippen LogP contribution in [-0.4, -0.2) is 31.8 Å². The molecule has 3 aromatic rings. The van der Waals surface area contributed by atoms with Crippen LogP contribution in [0.25, 0.3) is 22.6 Å². The number of nitrogens with one attached hydrogen (secondary N) is 1. The molecule has 0 atom stereocenters. The molecule has 0 bridgehead atoms. The number of aromatic amines is 1. The zero-order valence-electron chi connectivity index (χ0n) is 11.9. The van der Waals surface area contributed by atoms with Gasteiger partial charge in [-0.1, -0.05) is 19.1 Å². The monoisotopic (exact) mass is 298 g/mol. The van der Waals surface area contributed by atoms with Crippen LogP contribution in [0.15, 0.2) is 29.1 Å². The van der Waals surface area contributed by atoms with Crippen molar-refractivity contribution < 1.29 is 4.74 Å². The van der Waals surface area contributed by atoms with E-state index in [9.17, 15) is 4.79 Å². The third kappa shape index (κ3) is 2.58. The summed E-state index contributed by atoms with van der Waals surface area (Å²) in [5.74, 6) is 0.956. The summed E-state index contributed by atoms with van der Waals surface area (Å²) in [7, 11) is 0. The summed E-state index contributed by atoms with van der Waals surface area (Å²) < 4.78 is 5.68. The minimum atomic E-state index is -0.426. The second-order valence-corrected chi connectivity index (χ2v) is 4.60. The molecule has 2 heterocycles. The third-order valence-electron chi connectivity index (χ3n) is 2.95. The second-order valence-electron chi connectivity index (χ2n) is 4.60. The molecular weight excluding hydrogens is 284 g/mol. The fraction of sp³-hybridized carbons (Fsp3) is 0.214. The van der Waals surface area contributed by atoms with Crippen molar-refractivity contribution in [2.24, 2.45) is 0 Å². The molecule has 0 radical (unpaired) electrons. The van der Waals surface area contributed by atoms with Gasteiger partial charge in [0.1, 0.15) is 11.6 Å². The minimum Gasteiger partial charge on any atom is -0.493 e. The molecule has 0 unspecified atom stereocenters. The molecular formula is C14H14N6O2. The largest absolute Gasteiger partial charge is 0.493 e. The van der Waals surface area contributed by atoms with Crippen LogP contribution in [0.2, 0.25) is 0 Å². The van der Waals surface area contributed by atoms with E-state index in [0.29, 0.717) is 23.7 Å². The van der Waals surface area contributed by atoms with Crippen LogP contribution in [0, 0.1) is 0 Å². The number of para-hydroxylation sites is 1. The summed E-state index contributed by atoms with van der Waals surface area (Å²) in [4.78, 5) is 23.0. The van der Waals surface area contributed by atoms with Gasteiger partial charge in [0.15, 0.2) is 11.2 Å². The molecule has 0 aliphatic carbocycles. The van der Waals surface area contributed by atoms with E-state index >= 15 is 0 Å². The first-order chi connectivity index (χ1) is 10.7. The average Bonchev–Trinajstić information content (AvgIpc) is 2.52. The number of anilines is 1. The molecule has 0 spiro atoms. The zero-order valence-corrected chi connectivity index (χ0v) is 11.9. The van der Waals surface area contributed by atoms with E-state index in [2.05, 4.69) is 25.1 Å². The van der Waals surface area contributed by atoms with Gasteiger partial charge in [0.25, 0.3) is 5.56 Å². The fourth-order valence-electron chi connectivity index (χ4n) is 1.98. The van der Waals surface area contributed by atoms with Crippen LogP contribution in [0.4, 0.5) is 5.95 Å². The van der Waals surface area contributed by atoms with Gasteiger partial charge in [-0.25, -0.2) is 4.98 Å². The maximum Gasteiger partial charge on any atom is 0.281 e. The van der Waals surface area contributed by atoms with Gasteiger partial charge in [0, 0.05) is 0 Å². The lowest BCUT2D eigenvalue weighted by atomic mass is 10.2. The highest BCUT2D eigenvalue weighted by Crippen LogP contribution is 2.27. The number of nitrogen functional groups attached to an aromatic ring is 1. The molecule has 112 valence electrons. The van der Waals surface area contributed by atoms with Crippen molar-refractivity contribution in [3.8, 4) is 17.1 Å². The summed E-state index contributed by atoms with van der Waals surface area (Å²) in [6.07, 6.45) is 0.879. The summed E-state index contributed by atoms with van der Waals surface area (Å²) in [6.45, 7) is 2.59. The number of nitrogens with zero attached hydrogens (tertiary/aromatic N) is 4. The highest BCUT2D eigenvalue weighted by atomic mass is 16.5. The van der Waals surface area contributed by atoms with Crippen molar-refractivity contribution in [3.63, 3.8) is 0 Å². The Labute approximate surface area is 125 Å². The highest BCUT2D eigenvalue weighted by Gasteiger charge is 2.12. The molecule has 0 saturated carbocycles. The number of benzene rings is 1. The Morgan fingerprint density at radius 2 is 2.05 bits per heavy atom. The molecule has 1 aromatic carbocycles. The Morgan fingerprint density at radius 1 is 1.23 bits per heavy atom. The van der Waals surface area contributed by atoms with E-state index in [0.717, 1.165) is 6.42 Å². The van der Waals surface area contributed by atoms with Gasteiger partial charge in [-0.05, 0) is 18.6 Å². The number of ether oxygens (including phenoxy) is 1. The first kappa shape index (κ1) is 13.9. The first-order valence-corrected chi connectivity index (χ1v) is 6.81. The molecule has 0 fully saturated rings. The van der Waals surface area contributed by atoms with Gasteiger partial charge in [-0.3, -0.25) is 4.79 Å². The van der Waals surface area contributed by atoms with Crippen molar-refractivity contribution in [3.05, 3.63) is 34.6 Å². The third-order valence-corrected chi connectivity index (χ3v) is 2.95. The molecule has 22 heavy (non-hydrogen) atoms. The van der Waals surface area contributed by atoms with Crippen LogP contribution >= 0.6 is 0 Å². The van der Waals surface area contributed by atoms with Crippen molar-refractivity contribution in [1.29, 1.82) is 0 Å². The Hall–Kier alpha value is -3.03. The Bertz CT molecular complexity index is 877. The van der Waals surface area contributed by atoms with Gasteiger partial charge >= 0.3 is 0 Å². The van der Waals surface area contributed by atoms with E-state index < -0.39 is 5.56 Å². The molecule has 2 aromatic heterocycles. The number of fused-ring (bicyclic) bond motifs is 1. The van der Waals surface area contributed by atoms with E-state index in [-0.39, 0.29) is 17.1 Å². The fourth-order valence-corrected chi connectivity index (χ4v) is 1.98. The second kappa shape index (κ2) is 5.76. The van der Waals surface area contributed by atoms with Gasteiger partial charge in [-0.2, -0.15) is 4.98 Å². The van der Waals surface area contributed by atoms with E-state index in [1.165, 1.54) is 0 Å². The molecule has 0 saturated heterocycles. The quantitative estimate of drug-likeness (QED) is 0.741. The van der Waals surface area contributed by atoms with Crippen molar-refractivity contribution in [2.75, 3.05) is 12.3 Å². The Kier molecular flexibility index (Phi) is 3.65. The van der Waals surface area contributed by atoms with Gasteiger partial charge in [0.2, 0.25) is 5.95 Å². The van der Waals surface area contributed by atoms with Crippen LogP contribution in [0.1, 0.15) is 13.3 Å². The molecule has 0 amide bonds. The van der Waals surface area contributed by atoms with Crippen LogP contribution in [0.5, 0.6) is 5.75 Å². The van der Waals surface area contributed by atoms with Gasteiger partial charge < -0.3 is 15.5 Å². The highest BCUT2D eigenvalue weighted by molar-refractivity contribution is 5.73. The zero-order chi connectivity index (χ0) is 15.5. The van der Waals surface area contributed by atoms with Crippen LogP contribution in [0.3, 0.4) is 0 Å². The summed E-state index contributed by atoms with van der Waals surface area (Å²) in [6, 6.07) is 7.33. The average molecular weight is 298 g/mol. The summed E-state index contributed by atoms with van der Waals surface area (Å²) in [5.41, 5.74) is 5.94. The number of hydrogen-bond acceptors (Lipinski definition) is 7. The van der Waals surface area contributed by atoms with Gasteiger partial charge in [-0.15, -0.1) is 10.2 Å². The number of H-pyrrole nitrogens is 1. The maximum atomic E-state index is 12.1. The topological polar surface area (TPSA) is 120 Å². The lowest BCUT2D eigenvalue weighted by Gasteiger charge is -2.10. The molecule has 8 heteroatoms. The van der Waals surface area contributed by atoms with Crippen molar-refractivity contribution in [1.82, 2.24) is 25.1 Å². The summed E-state index contributed by atoms with van der Waals surface area (Å²) >= 11 is 0. The Balaban J connectivity index is 2.16. The number of rotatable bonds is 4. The summed E-state index contributed by atoms with van der Waals surface area (Å²) in [5, 5.41) is 7.27. The predicted octanol–water partition coefficient (Wildman–Crippen LogP) is 1.15. The van der Waals surface area contributed by atoms with Crippen molar-refractivity contribution in [2.45, 2.75) is 13.3 Å². The van der Waals surface area contributed by atoms with Crippen LogP contribution in [-0.2, 0) is 0 Å². The van der Waals surface area contributed by atoms with Gasteiger partial charge in [0.05, 0.1) is 12.2 Å². The smallest absolute Gasteiger partial charge is 0.281 e. The number of hydrogen-bond donors (Lipinski definition) is 2. The lowest BCUT2D eigenvalue weighted by molar-refractivity contribution is 0.318. The molecule has 3 rings (SSSR count). The standard InChI is InChI=1S/C14H14N6O2/c1-2-7-22-9-6-4-3-5-8(9)11-16-12-10(13(21)17-11)19-20-14(15)18-12/h3-6H,2,7H2,1H3,(H3,15,16,17,18,20,21).